The summed E-state index contributed by atoms with van der Waals surface area (Å²) in [5.41, 5.74) is -1.64. The number of carbonyl (C=O) groups is 1. The predicted octanol–water partition coefficient (Wildman–Crippen LogP) is 2.22. The Morgan fingerprint density at radius 2 is 2.12 bits per heavy atom. The van der Waals surface area contributed by atoms with Gasteiger partial charge in [0.05, 0.1) is 5.01 Å². The van der Waals surface area contributed by atoms with Crippen LogP contribution in [-0.4, -0.2) is 40.3 Å². The number of hydrogen-bond acceptors (Lipinski definition) is 5. The fourth-order valence-electron chi connectivity index (χ4n) is 2.93. The topological polar surface area (TPSA) is 71.8 Å². The first kappa shape index (κ1) is 20.7. The van der Waals surface area contributed by atoms with Crippen LogP contribution in [0, 0.1) is 0 Å². The molecular formula is C15H19ClF3N5OS. The molecule has 0 unspecified atom stereocenters. The number of nitrogens with one attached hydrogen (secondary N) is 2. The van der Waals surface area contributed by atoms with Gasteiger partial charge in [0.15, 0.2) is 5.69 Å². The van der Waals surface area contributed by atoms with Crippen molar-refractivity contribution in [2.45, 2.75) is 31.0 Å². The van der Waals surface area contributed by atoms with E-state index in [9.17, 15) is 18.0 Å². The molecule has 6 nitrogen and oxygen atoms in total. The molecule has 0 atom stereocenters. The number of rotatable bonds is 5. The lowest BCUT2D eigenvalue weighted by Crippen LogP contribution is -2.54. The fraction of sp³-hybridized carbons (Fsp3) is 0.533. The third kappa shape index (κ3) is 4.36. The number of aromatic nitrogens is 3. The van der Waals surface area contributed by atoms with Crippen LogP contribution in [0.25, 0.3) is 0 Å². The van der Waals surface area contributed by atoms with Crippen molar-refractivity contribution in [3.63, 3.8) is 0 Å². The number of halogens is 4. The highest BCUT2D eigenvalue weighted by molar-refractivity contribution is 7.09. The van der Waals surface area contributed by atoms with Gasteiger partial charge < -0.3 is 10.6 Å². The van der Waals surface area contributed by atoms with E-state index in [1.54, 1.807) is 23.1 Å². The molecule has 3 heterocycles. The molecule has 1 amide bonds. The standard InChI is InChI=1S/C15H18F3N5OS.ClH/c16-15(17,18)11-10-25-12(22-11)2-6-20-13(24)14(3-7-19-8-4-14)23-9-1-5-21-23;/h1,5,9-10,19H,2-4,6-8H2,(H,20,24);1H. The van der Waals surface area contributed by atoms with Gasteiger partial charge in [0, 0.05) is 30.7 Å². The van der Waals surface area contributed by atoms with Crippen molar-refractivity contribution < 1.29 is 18.0 Å². The summed E-state index contributed by atoms with van der Waals surface area (Å²) in [6, 6.07) is 1.77. The molecule has 11 heteroatoms. The van der Waals surface area contributed by atoms with Gasteiger partial charge in [0.1, 0.15) is 5.54 Å². The van der Waals surface area contributed by atoms with Gasteiger partial charge in [0.2, 0.25) is 5.91 Å². The summed E-state index contributed by atoms with van der Waals surface area (Å²) in [5.74, 6) is -0.162. The summed E-state index contributed by atoms with van der Waals surface area (Å²) in [5, 5.41) is 11.6. The van der Waals surface area contributed by atoms with E-state index < -0.39 is 17.4 Å². The highest BCUT2D eigenvalue weighted by Gasteiger charge is 2.41. The van der Waals surface area contributed by atoms with Crippen molar-refractivity contribution in [1.29, 1.82) is 0 Å². The van der Waals surface area contributed by atoms with Gasteiger partial charge in [-0.25, -0.2) is 4.98 Å². The molecule has 2 aromatic heterocycles. The van der Waals surface area contributed by atoms with Crippen molar-refractivity contribution in [3.8, 4) is 0 Å². The molecule has 2 aromatic rings. The van der Waals surface area contributed by atoms with Gasteiger partial charge in [0.25, 0.3) is 0 Å². The van der Waals surface area contributed by atoms with E-state index >= 15 is 0 Å². The van der Waals surface area contributed by atoms with Crippen molar-refractivity contribution in [1.82, 2.24) is 25.4 Å². The number of carbonyl (C=O) groups excluding carboxylic acids is 1. The molecule has 0 bridgehead atoms. The zero-order chi connectivity index (χ0) is 17.9. The first-order valence-electron chi connectivity index (χ1n) is 7.92. The Kier molecular flexibility index (Phi) is 6.64. The molecule has 2 N–H and O–H groups in total. The zero-order valence-corrected chi connectivity index (χ0v) is 15.4. The molecule has 26 heavy (non-hydrogen) atoms. The average molecular weight is 410 g/mol. The van der Waals surface area contributed by atoms with Gasteiger partial charge in [-0.2, -0.15) is 18.3 Å². The molecule has 144 valence electrons. The lowest BCUT2D eigenvalue weighted by Gasteiger charge is -2.36. The molecule has 0 spiro atoms. The van der Waals surface area contributed by atoms with Crippen molar-refractivity contribution in [3.05, 3.63) is 34.5 Å². The lowest BCUT2D eigenvalue weighted by molar-refractivity contribution is -0.140. The first-order valence-corrected chi connectivity index (χ1v) is 8.80. The van der Waals surface area contributed by atoms with Crippen LogP contribution in [0.1, 0.15) is 23.5 Å². The maximum atomic E-state index is 12.8. The second kappa shape index (κ2) is 8.36. The maximum Gasteiger partial charge on any atom is 0.434 e. The lowest BCUT2D eigenvalue weighted by atomic mass is 9.87. The number of piperidine rings is 1. The molecule has 1 aliphatic rings. The average Bonchev–Trinajstić information content (AvgIpc) is 3.27. The Morgan fingerprint density at radius 1 is 1.38 bits per heavy atom. The monoisotopic (exact) mass is 409 g/mol. The number of thiazole rings is 1. The molecule has 0 aliphatic carbocycles. The van der Waals surface area contributed by atoms with E-state index in [4.69, 9.17) is 0 Å². The quantitative estimate of drug-likeness (QED) is 0.794. The van der Waals surface area contributed by atoms with Crippen LogP contribution in [0.2, 0.25) is 0 Å². The Morgan fingerprint density at radius 3 is 2.69 bits per heavy atom. The molecular weight excluding hydrogens is 391 g/mol. The van der Waals surface area contributed by atoms with Crippen LogP contribution >= 0.6 is 23.7 Å². The second-order valence-corrected chi connectivity index (χ2v) is 6.81. The van der Waals surface area contributed by atoms with E-state index in [1.807, 2.05) is 0 Å². The molecule has 0 aromatic carbocycles. The zero-order valence-electron chi connectivity index (χ0n) is 13.8. The summed E-state index contributed by atoms with van der Waals surface area (Å²) in [7, 11) is 0. The Bertz CT molecular complexity index is 713. The number of hydrogen-bond donors (Lipinski definition) is 2. The van der Waals surface area contributed by atoms with Gasteiger partial charge in [-0.1, -0.05) is 0 Å². The van der Waals surface area contributed by atoms with E-state index in [-0.39, 0.29) is 31.3 Å². The second-order valence-electron chi connectivity index (χ2n) is 5.86. The van der Waals surface area contributed by atoms with Gasteiger partial charge in [-0.05, 0) is 32.0 Å². The van der Waals surface area contributed by atoms with Crippen LogP contribution in [-0.2, 0) is 22.9 Å². The van der Waals surface area contributed by atoms with E-state index in [0.29, 0.717) is 30.9 Å². The van der Waals surface area contributed by atoms with Crippen LogP contribution in [0.5, 0.6) is 0 Å². The van der Waals surface area contributed by atoms with Gasteiger partial charge in [-0.15, -0.1) is 23.7 Å². The summed E-state index contributed by atoms with van der Waals surface area (Å²) >= 11 is 0.951. The summed E-state index contributed by atoms with van der Waals surface area (Å²) < 4.78 is 39.4. The fourth-order valence-corrected chi connectivity index (χ4v) is 3.73. The smallest absolute Gasteiger partial charge is 0.354 e. The normalized spacial score (nSPS) is 16.7. The van der Waals surface area contributed by atoms with Crippen LogP contribution < -0.4 is 10.6 Å². The van der Waals surface area contributed by atoms with Crippen LogP contribution in [0.4, 0.5) is 13.2 Å². The Balaban J connectivity index is 0.00000243. The summed E-state index contributed by atoms with van der Waals surface area (Å²) in [4.78, 5) is 16.3. The van der Waals surface area contributed by atoms with Crippen LogP contribution in [0.3, 0.4) is 0 Å². The maximum absolute atomic E-state index is 12.8. The molecule has 0 radical (unpaired) electrons. The van der Waals surface area contributed by atoms with Crippen molar-refractivity contribution >= 4 is 29.7 Å². The number of amides is 1. The van der Waals surface area contributed by atoms with Crippen molar-refractivity contribution in [2.75, 3.05) is 19.6 Å². The van der Waals surface area contributed by atoms with Gasteiger partial charge in [-0.3, -0.25) is 9.48 Å². The third-order valence-electron chi connectivity index (χ3n) is 4.26. The minimum Gasteiger partial charge on any atom is -0.354 e. The molecule has 1 aliphatic heterocycles. The molecule has 0 saturated carbocycles. The molecule has 3 rings (SSSR count). The minimum atomic E-state index is -4.43. The van der Waals surface area contributed by atoms with E-state index in [0.717, 1.165) is 16.7 Å². The largest absolute Gasteiger partial charge is 0.434 e. The number of nitrogens with zero attached hydrogens (tertiary/aromatic N) is 3. The highest BCUT2D eigenvalue weighted by Crippen LogP contribution is 2.30. The van der Waals surface area contributed by atoms with E-state index in [1.165, 1.54) is 0 Å². The van der Waals surface area contributed by atoms with Crippen molar-refractivity contribution in [2.24, 2.45) is 0 Å². The SMILES string of the molecule is Cl.O=C(NCCc1nc(C(F)(F)F)cs1)C1(n2cccn2)CCNCC1. The summed E-state index contributed by atoms with van der Waals surface area (Å²) in [6.45, 7) is 1.64. The Hall–Kier alpha value is -1.65. The highest BCUT2D eigenvalue weighted by atomic mass is 35.5. The third-order valence-corrected chi connectivity index (χ3v) is 5.17. The molecule has 1 fully saturated rings. The Labute approximate surface area is 158 Å². The van der Waals surface area contributed by atoms with Crippen LogP contribution in [0.15, 0.2) is 23.8 Å². The minimum absolute atomic E-state index is 0. The summed E-state index contributed by atoms with van der Waals surface area (Å²) in [6.07, 6.45) is 0.440. The first-order chi connectivity index (χ1) is 11.9. The van der Waals surface area contributed by atoms with E-state index in [2.05, 4.69) is 20.7 Å². The predicted molar refractivity (Wildman–Crippen MR) is 93.4 cm³/mol. The number of alkyl halides is 3. The van der Waals surface area contributed by atoms with Gasteiger partial charge >= 0.3 is 6.18 Å². The molecule has 1 saturated heterocycles.